The van der Waals surface area contributed by atoms with Crippen molar-refractivity contribution in [3.63, 3.8) is 0 Å². The Morgan fingerprint density at radius 2 is 0.900 bits per heavy atom. The van der Waals surface area contributed by atoms with Crippen molar-refractivity contribution in [2.45, 2.75) is 63.5 Å². The fourth-order valence-electron chi connectivity index (χ4n) is 3.72. The van der Waals surface area contributed by atoms with Crippen LogP contribution in [0.3, 0.4) is 0 Å². The summed E-state index contributed by atoms with van der Waals surface area (Å²) in [6.45, 7) is 7.59. The third kappa shape index (κ3) is 9.52. The number of rotatable bonds is 14. The van der Waals surface area contributed by atoms with Gasteiger partial charge in [-0.2, -0.15) is 0 Å². The van der Waals surface area contributed by atoms with Crippen LogP contribution >= 0.6 is 0 Å². The molecule has 0 saturated heterocycles. The Morgan fingerprint density at radius 3 is 1.23 bits per heavy atom. The van der Waals surface area contributed by atoms with Gasteiger partial charge >= 0.3 is 11.9 Å². The molecule has 3 rings (SSSR count). The molecule has 0 heterocycles. The molecule has 6 nitrogen and oxygen atoms in total. The van der Waals surface area contributed by atoms with Gasteiger partial charge in [0.1, 0.15) is 13.2 Å². The van der Waals surface area contributed by atoms with E-state index in [2.05, 4.69) is 0 Å². The van der Waals surface area contributed by atoms with Crippen LogP contribution in [0, 0.1) is 10.8 Å². The van der Waals surface area contributed by atoms with Crippen LogP contribution in [0.4, 0.5) is 0 Å². The van der Waals surface area contributed by atoms with Crippen molar-refractivity contribution in [1.29, 1.82) is 0 Å². The molecule has 0 spiro atoms. The van der Waals surface area contributed by atoms with Crippen LogP contribution in [0.1, 0.15) is 51.7 Å². The van der Waals surface area contributed by atoms with E-state index in [4.69, 9.17) is 9.47 Å². The third-order valence-electron chi connectivity index (χ3n) is 6.71. The number of carbonyl (C=O) groups is 2. The van der Waals surface area contributed by atoms with Crippen molar-refractivity contribution in [2.75, 3.05) is 11.5 Å². The zero-order valence-corrected chi connectivity index (χ0v) is 25.2. The Morgan fingerprint density at radius 1 is 0.575 bits per heavy atom. The van der Waals surface area contributed by atoms with E-state index in [-0.39, 0.29) is 25.2 Å². The van der Waals surface area contributed by atoms with Gasteiger partial charge in [-0.15, -0.1) is 0 Å². The molecule has 0 radical (unpaired) electrons. The van der Waals surface area contributed by atoms with Gasteiger partial charge in [0, 0.05) is 21.3 Å². The van der Waals surface area contributed by atoms with Crippen molar-refractivity contribution >= 4 is 33.5 Å². The summed E-state index contributed by atoms with van der Waals surface area (Å²) in [6, 6.07) is 25.8. The van der Waals surface area contributed by atoms with E-state index in [1.807, 2.05) is 60.7 Å². The van der Waals surface area contributed by atoms with E-state index >= 15 is 0 Å². The summed E-state index contributed by atoms with van der Waals surface area (Å²) in [5.41, 5.74) is 0.278. The molecule has 214 valence electrons. The molecular weight excluding hydrogens is 544 g/mol. The largest absolute Gasteiger partial charge is 0.460 e. The number of esters is 2. The van der Waals surface area contributed by atoms with E-state index in [9.17, 15) is 18.0 Å². The average molecular weight is 583 g/mol. The molecule has 3 aromatic carbocycles. The highest BCUT2D eigenvalue weighted by Crippen LogP contribution is 2.26. The summed E-state index contributed by atoms with van der Waals surface area (Å²) < 4.78 is 36.7. The molecule has 0 bridgehead atoms. The van der Waals surface area contributed by atoms with Gasteiger partial charge in [0.15, 0.2) is 0 Å². The minimum Gasteiger partial charge on any atom is -0.460 e. The average Bonchev–Trinajstić information content (AvgIpc) is 2.97. The Hall–Kier alpha value is -3.10. The van der Waals surface area contributed by atoms with Gasteiger partial charge in [0.25, 0.3) is 0 Å². The van der Waals surface area contributed by atoms with Crippen LogP contribution in [0.25, 0.3) is 0 Å². The lowest BCUT2D eigenvalue weighted by atomic mass is 9.90. The van der Waals surface area contributed by atoms with Gasteiger partial charge in [0.05, 0.1) is 32.4 Å². The molecule has 0 fully saturated rings. The molecule has 0 saturated carbocycles. The molecule has 0 aromatic heterocycles. The Labute approximate surface area is 242 Å². The first-order valence-electron chi connectivity index (χ1n) is 13.3. The van der Waals surface area contributed by atoms with Crippen molar-refractivity contribution in [3.05, 3.63) is 96.1 Å². The topological polar surface area (TPSA) is 86.7 Å². The lowest BCUT2D eigenvalue weighted by Gasteiger charge is -2.22. The van der Waals surface area contributed by atoms with Crippen LogP contribution in [0.5, 0.6) is 0 Å². The van der Waals surface area contributed by atoms with E-state index in [1.54, 1.807) is 52.0 Å². The highest BCUT2D eigenvalue weighted by atomic mass is 32.2. The predicted octanol–water partition coefficient (Wildman–Crippen LogP) is 6.22. The first kappa shape index (κ1) is 31.4. The van der Waals surface area contributed by atoms with Crippen molar-refractivity contribution in [3.8, 4) is 0 Å². The number of carbonyl (C=O) groups excluding carboxylic acids is 2. The van der Waals surface area contributed by atoms with Gasteiger partial charge in [-0.05, 0) is 75.9 Å². The molecule has 3 aromatic rings. The SMILES string of the molecule is CC(C)(CCS(=O)c1ccc(S(=O)CCC(C)(C)C(=O)OCc2ccccc2)cc1)C(=O)OCc1ccccc1. The number of hydrogen-bond donors (Lipinski definition) is 0. The molecule has 2 unspecified atom stereocenters. The fourth-order valence-corrected chi connectivity index (χ4v) is 6.46. The number of hydrogen-bond acceptors (Lipinski definition) is 6. The molecule has 8 heteroatoms. The minimum absolute atomic E-state index is 0.205. The second-order valence-corrected chi connectivity index (χ2v) is 14.1. The summed E-state index contributed by atoms with van der Waals surface area (Å²) in [5.74, 6) is -0.0541. The summed E-state index contributed by atoms with van der Waals surface area (Å²) in [6.07, 6.45) is 0.798. The maximum atomic E-state index is 12.9. The maximum Gasteiger partial charge on any atom is 0.311 e. The first-order valence-corrected chi connectivity index (χ1v) is 15.9. The summed E-state index contributed by atoms with van der Waals surface area (Å²) in [7, 11) is -2.64. The molecule has 40 heavy (non-hydrogen) atoms. The standard InChI is InChI=1S/C32H38O6S2/c1-31(2,29(33)37-23-25-11-7-5-8-12-25)19-21-39(35)27-15-17-28(18-16-27)40(36)22-20-32(3,4)30(34)38-24-26-13-9-6-10-14-26/h5-18H,19-24H2,1-4H3. The summed E-state index contributed by atoms with van der Waals surface area (Å²) in [5, 5.41) is 0. The molecule has 0 amide bonds. The van der Waals surface area contributed by atoms with E-state index in [0.717, 1.165) is 11.1 Å². The van der Waals surface area contributed by atoms with Gasteiger partial charge in [-0.25, -0.2) is 0 Å². The molecule has 0 N–H and O–H groups in total. The maximum absolute atomic E-state index is 12.9. The van der Waals surface area contributed by atoms with Gasteiger partial charge in [-0.3, -0.25) is 18.0 Å². The Kier molecular flexibility index (Phi) is 11.4. The van der Waals surface area contributed by atoms with E-state index < -0.39 is 32.4 Å². The Bertz CT molecular complexity index is 1200. The summed E-state index contributed by atoms with van der Waals surface area (Å²) >= 11 is 0. The quantitative estimate of drug-likeness (QED) is 0.210. The molecule has 0 aliphatic heterocycles. The van der Waals surface area contributed by atoms with Crippen molar-refractivity contribution in [2.24, 2.45) is 10.8 Å². The number of ether oxygens (including phenoxy) is 2. The normalized spacial score (nSPS) is 13.3. The first-order chi connectivity index (χ1) is 19.0. The lowest BCUT2D eigenvalue weighted by molar-refractivity contribution is -0.156. The van der Waals surface area contributed by atoms with Crippen LogP contribution in [0.15, 0.2) is 94.7 Å². The molecule has 2 atom stereocenters. The third-order valence-corrected chi connectivity index (χ3v) is 9.45. The fraction of sp³-hybridized carbons (Fsp3) is 0.375. The van der Waals surface area contributed by atoms with Crippen LogP contribution in [-0.4, -0.2) is 31.9 Å². The summed E-state index contributed by atoms with van der Waals surface area (Å²) in [4.78, 5) is 26.4. The van der Waals surface area contributed by atoms with Gasteiger partial charge < -0.3 is 9.47 Å². The van der Waals surface area contributed by atoms with Crippen LogP contribution < -0.4 is 0 Å². The molecule has 0 aliphatic rings. The van der Waals surface area contributed by atoms with E-state index in [1.165, 1.54) is 0 Å². The highest BCUT2D eigenvalue weighted by Gasteiger charge is 2.31. The van der Waals surface area contributed by atoms with E-state index in [0.29, 0.717) is 34.1 Å². The molecule has 0 aliphatic carbocycles. The highest BCUT2D eigenvalue weighted by molar-refractivity contribution is 7.85. The monoisotopic (exact) mass is 582 g/mol. The number of benzene rings is 3. The lowest BCUT2D eigenvalue weighted by Crippen LogP contribution is -2.28. The van der Waals surface area contributed by atoms with Crippen LogP contribution in [0.2, 0.25) is 0 Å². The Balaban J connectivity index is 1.45. The zero-order valence-electron chi connectivity index (χ0n) is 23.6. The smallest absolute Gasteiger partial charge is 0.311 e. The van der Waals surface area contributed by atoms with Gasteiger partial charge in [-0.1, -0.05) is 60.7 Å². The zero-order chi connectivity index (χ0) is 29.2. The second kappa shape index (κ2) is 14.5. The van der Waals surface area contributed by atoms with Crippen LogP contribution in [-0.2, 0) is 53.9 Å². The van der Waals surface area contributed by atoms with Crippen molar-refractivity contribution < 1.29 is 27.5 Å². The minimum atomic E-state index is -1.32. The predicted molar refractivity (Wildman–Crippen MR) is 158 cm³/mol. The van der Waals surface area contributed by atoms with Crippen molar-refractivity contribution in [1.82, 2.24) is 0 Å². The van der Waals surface area contributed by atoms with Gasteiger partial charge in [0.2, 0.25) is 0 Å². The molecular formula is C32H38O6S2. The second-order valence-electron chi connectivity index (χ2n) is 11.0.